The van der Waals surface area contributed by atoms with Gasteiger partial charge < -0.3 is 5.73 Å². The lowest BCUT2D eigenvalue weighted by Gasteiger charge is -2.42. The first-order valence-corrected chi connectivity index (χ1v) is 7.82. The van der Waals surface area contributed by atoms with E-state index in [0.717, 1.165) is 0 Å². The summed E-state index contributed by atoms with van der Waals surface area (Å²) in [6.45, 7) is 4.77. The molecule has 0 saturated heterocycles. The average Bonchev–Trinajstić information content (AvgIpc) is 2.45. The lowest BCUT2D eigenvalue weighted by atomic mass is 9.65. The van der Waals surface area contributed by atoms with E-state index >= 15 is 0 Å². The van der Waals surface area contributed by atoms with Crippen LogP contribution in [-0.4, -0.2) is 0 Å². The molecule has 1 fully saturated rings. The van der Waals surface area contributed by atoms with Crippen LogP contribution in [-0.2, 0) is 0 Å². The van der Waals surface area contributed by atoms with Gasteiger partial charge in [0.15, 0.2) is 0 Å². The van der Waals surface area contributed by atoms with E-state index in [1.54, 1.807) is 0 Å². The van der Waals surface area contributed by atoms with Crippen molar-refractivity contribution in [3.63, 3.8) is 0 Å². The third kappa shape index (κ3) is 2.47. The van der Waals surface area contributed by atoms with E-state index in [4.69, 9.17) is 5.73 Å². The highest BCUT2D eigenvalue weighted by Crippen LogP contribution is 2.46. The third-order valence-corrected chi connectivity index (χ3v) is 5.18. The summed E-state index contributed by atoms with van der Waals surface area (Å²) < 4.78 is 0. The van der Waals surface area contributed by atoms with Crippen LogP contribution in [0.1, 0.15) is 51.1 Å². The predicted octanol–water partition coefficient (Wildman–Crippen LogP) is 5.06. The van der Waals surface area contributed by atoms with Crippen molar-refractivity contribution in [3.05, 3.63) is 48.0 Å². The van der Waals surface area contributed by atoms with Crippen molar-refractivity contribution in [1.29, 1.82) is 0 Å². The molecule has 2 aromatic carbocycles. The van der Waals surface area contributed by atoms with Crippen molar-refractivity contribution < 1.29 is 0 Å². The Morgan fingerprint density at radius 2 is 1.80 bits per heavy atom. The highest BCUT2D eigenvalue weighted by Gasteiger charge is 2.36. The molecule has 106 valence electrons. The van der Waals surface area contributed by atoms with Crippen molar-refractivity contribution in [3.8, 4) is 0 Å². The molecule has 1 saturated carbocycles. The lowest BCUT2D eigenvalue weighted by molar-refractivity contribution is 0.113. The van der Waals surface area contributed by atoms with Gasteiger partial charge in [-0.3, -0.25) is 0 Å². The zero-order chi connectivity index (χ0) is 14.2. The van der Waals surface area contributed by atoms with Crippen LogP contribution >= 0.6 is 0 Å². The lowest BCUT2D eigenvalue weighted by Crippen LogP contribution is -2.36. The third-order valence-electron chi connectivity index (χ3n) is 5.18. The maximum atomic E-state index is 6.64. The predicted molar refractivity (Wildman–Crippen MR) is 86.6 cm³/mol. The highest BCUT2D eigenvalue weighted by atomic mass is 14.7. The van der Waals surface area contributed by atoms with Crippen molar-refractivity contribution in [2.24, 2.45) is 17.1 Å². The second-order valence-corrected chi connectivity index (χ2v) is 6.97. The minimum Gasteiger partial charge on any atom is -0.324 e. The molecule has 1 nitrogen and oxygen atoms in total. The molecule has 2 aromatic rings. The van der Waals surface area contributed by atoms with Gasteiger partial charge in [0.05, 0.1) is 0 Å². The van der Waals surface area contributed by atoms with Crippen LogP contribution < -0.4 is 5.73 Å². The maximum absolute atomic E-state index is 6.64. The van der Waals surface area contributed by atoms with Gasteiger partial charge >= 0.3 is 0 Å². The van der Waals surface area contributed by atoms with E-state index in [9.17, 15) is 0 Å². The molecule has 0 amide bonds. The van der Waals surface area contributed by atoms with Crippen molar-refractivity contribution in [2.75, 3.05) is 0 Å². The number of benzene rings is 2. The molecule has 2 atom stereocenters. The highest BCUT2D eigenvalue weighted by molar-refractivity contribution is 5.83. The molecule has 1 aliphatic carbocycles. The Hall–Kier alpha value is -1.34. The number of nitrogens with two attached hydrogens (primary N) is 1. The second-order valence-electron chi connectivity index (χ2n) is 6.97. The summed E-state index contributed by atoms with van der Waals surface area (Å²) in [5.74, 6) is 0.595. The van der Waals surface area contributed by atoms with Crippen LogP contribution in [0.25, 0.3) is 10.8 Å². The molecule has 20 heavy (non-hydrogen) atoms. The summed E-state index contributed by atoms with van der Waals surface area (Å²) in [7, 11) is 0. The summed E-state index contributed by atoms with van der Waals surface area (Å²) in [5.41, 5.74) is 8.30. The van der Waals surface area contributed by atoms with Crippen LogP contribution in [0.4, 0.5) is 0 Å². The number of hydrogen-bond acceptors (Lipinski definition) is 1. The molecule has 0 heterocycles. The summed E-state index contributed by atoms with van der Waals surface area (Å²) >= 11 is 0. The first kappa shape index (κ1) is 13.6. The Kier molecular flexibility index (Phi) is 3.55. The molecule has 1 aliphatic rings. The first-order chi connectivity index (χ1) is 9.58. The van der Waals surface area contributed by atoms with E-state index in [-0.39, 0.29) is 6.04 Å². The van der Waals surface area contributed by atoms with E-state index in [2.05, 4.69) is 56.3 Å². The van der Waals surface area contributed by atoms with Crippen molar-refractivity contribution >= 4 is 10.8 Å². The summed E-state index contributed by atoms with van der Waals surface area (Å²) in [6.07, 6.45) is 5.25. The Morgan fingerprint density at radius 3 is 2.55 bits per heavy atom. The Labute approximate surface area is 122 Å². The quantitative estimate of drug-likeness (QED) is 0.809. The molecular weight excluding hydrogens is 242 g/mol. The van der Waals surface area contributed by atoms with Gasteiger partial charge in [-0.1, -0.05) is 63.1 Å². The minimum atomic E-state index is 0.162. The van der Waals surface area contributed by atoms with Gasteiger partial charge in [-0.2, -0.15) is 0 Å². The van der Waals surface area contributed by atoms with E-state index < -0.39 is 0 Å². The zero-order valence-electron chi connectivity index (χ0n) is 12.6. The largest absolute Gasteiger partial charge is 0.324 e. The van der Waals surface area contributed by atoms with Crippen molar-refractivity contribution in [2.45, 2.75) is 45.6 Å². The summed E-state index contributed by atoms with van der Waals surface area (Å²) in [4.78, 5) is 0. The maximum Gasteiger partial charge on any atom is 0.0328 e. The van der Waals surface area contributed by atoms with Gasteiger partial charge in [0.25, 0.3) is 0 Å². The molecule has 1 heteroatoms. The average molecular weight is 267 g/mol. The minimum absolute atomic E-state index is 0.162. The smallest absolute Gasteiger partial charge is 0.0328 e. The van der Waals surface area contributed by atoms with E-state index in [0.29, 0.717) is 11.3 Å². The molecule has 0 bridgehead atoms. The van der Waals surface area contributed by atoms with E-state index in [1.807, 2.05) is 0 Å². The van der Waals surface area contributed by atoms with Gasteiger partial charge in [-0.15, -0.1) is 0 Å². The molecule has 2 N–H and O–H groups in total. The molecular formula is C19H25N. The zero-order valence-corrected chi connectivity index (χ0v) is 12.6. The topological polar surface area (TPSA) is 26.0 Å². The second kappa shape index (κ2) is 5.21. The standard InChI is InChI=1S/C19H25N/c1-19(2)12-6-5-9-17(19)18(20)16-11-10-14-7-3-4-8-15(14)13-16/h3-4,7-8,10-11,13,17-18H,5-6,9,12,20H2,1-2H3. The number of rotatable bonds is 2. The van der Waals surface area contributed by atoms with Crippen LogP contribution in [0.3, 0.4) is 0 Å². The van der Waals surface area contributed by atoms with E-state index in [1.165, 1.54) is 42.0 Å². The van der Waals surface area contributed by atoms with Crippen LogP contribution in [0, 0.1) is 11.3 Å². The summed E-state index contributed by atoms with van der Waals surface area (Å²) in [6, 6.07) is 15.4. The van der Waals surface area contributed by atoms with Gasteiger partial charge in [0, 0.05) is 6.04 Å². The molecule has 0 spiro atoms. The van der Waals surface area contributed by atoms with Crippen LogP contribution in [0.5, 0.6) is 0 Å². The molecule has 2 unspecified atom stereocenters. The SMILES string of the molecule is CC1(C)CCCCC1C(N)c1ccc2ccccc2c1. The fourth-order valence-corrected chi connectivity index (χ4v) is 3.83. The molecule has 0 radical (unpaired) electrons. The molecule has 0 aliphatic heterocycles. The Bertz CT molecular complexity index is 599. The summed E-state index contributed by atoms with van der Waals surface area (Å²) in [5, 5.41) is 2.60. The number of fused-ring (bicyclic) bond motifs is 1. The fourth-order valence-electron chi connectivity index (χ4n) is 3.83. The van der Waals surface area contributed by atoms with Gasteiger partial charge in [0.1, 0.15) is 0 Å². The Morgan fingerprint density at radius 1 is 1.05 bits per heavy atom. The van der Waals surface area contributed by atoms with Crippen molar-refractivity contribution in [1.82, 2.24) is 0 Å². The normalized spacial score (nSPS) is 23.6. The number of hydrogen-bond donors (Lipinski definition) is 1. The molecule has 3 rings (SSSR count). The van der Waals surface area contributed by atoms with Crippen LogP contribution in [0.15, 0.2) is 42.5 Å². The van der Waals surface area contributed by atoms with Gasteiger partial charge in [-0.25, -0.2) is 0 Å². The molecule has 0 aromatic heterocycles. The fraction of sp³-hybridized carbons (Fsp3) is 0.474. The Balaban J connectivity index is 1.93. The first-order valence-electron chi connectivity index (χ1n) is 7.82. The monoisotopic (exact) mass is 267 g/mol. The van der Waals surface area contributed by atoms with Crippen LogP contribution in [0.2, 0.25) is 0 Å². The van der Waals surface area contributed by atoms with Gasteiger partial charge in [0.2, 0.25) is 0 Å². The van der Waals surface area contributed by atoms with Gasteiger partial charge in [-0.05, 0) is 46.6 Å².